The molecule has 0 radical (unpaired) electrons. The number of nitrogens with zero attached hydrogens (tertiary/aromatic N) is 3. The summed E-state index contributed by atoms with van der Waals surface area (Å²) in [7, 11) is 1.90. The van der Waals surface area contributed by atoms with E-state index in [0.29, 0.717) is 0 Å². The van der Waals surface area contributed by atoms with E-state index in [2.05, 4.69) is 20.8 Å². The minimum absolute atomic E-state index is 0.114. The third-order valence-corrected chi connectivity index (χ3v) is 3.83. The van der Waals surface area contributed by atoms with E-state index in [0.717, 1.165) is 43.0 Å². The monoisotopic (exact) mass is 285 g/mol. The standard InChI is InChI=1S/C15H19N5O/c1-20-10-17-19-14(20)11-2-4-13(5-3-11)18-15(21)12-6-8-16-9-7-12/h2-5,10,12,16H,6-9H2,1H3,(H,18,21). The molecule has 21 heavy (non-hydrogen) atoms. The Hall–Kier alpha value is -2.21. The average Bonchev–Trinajstić information content (AvgIpc) is 2.95. The normalized spacial score (nSPS) is 15.9. The maximum atomic E-state index is 12.2. The van der Waals surface area contributed by atoms with Crippen LogP contribution >= 0.6 is 0 Å². The molecule has 0 unspecified atom stereocenters. The molecular formula is C15H19N5O. The zero-order valence-corrected chi connectivity index (χ0v) is 12.0. The summed E-state index contributed by atoms with van der Waals surface area (Å²) >= 11 is 0. The quantitative estimate of drug-likeness (QED) is 0.894. The second kappa shape index (κ2) is 6.05. The molecule has 2 N–H and O–H groups in total. The van der Waals surface area contributed by atoms with Crippen LogP contribution in [-0.2, 0) is 11.8 Å². The number of rotatable bonds is 3. The minimum Gasteiger partial charge on any atom is -0.326 e. The highest BCUT2D eigenvalue weighted by atomic mass is 16.1. The van der Waals surface area contributed by atoms with Crippen LogP contribution in [0.5, 0.6) is 0 Å². The number of anilines is 1. The van der Waals surface area contributed by atoms with Gasteiger partial charge in [-0.3, -0.25) is 4.79 Å². The molecule has 2 aromatic rings. The third-order valence-electron chi connectivity index (χ3n) is 3.83. The summed E-state index contributed by atoms with van der Waals surface area (Å²) in [5.41, 5.74) is 1.80. The van der Waals surface area contributed by atoms with Gasteiger partial charge in [-0.1, -0.05) is 0 Å². The van der Waals surface area contributed by atoms with Gasteiger partial charge in [-0.2, -0.15) is 0 Å². The first-order valence-corrected chi connectivity index (χ1v) is 7.20. The zero-order valence-electron chi connectivity index (χ0n) is 12.0. The van der Waals surface area contributed by atoms with Gasteiger partial charge in [0.25, 0.3) is 0 Å². The van der Waals surface area contributed by atoms with Crippen LogP contribution < -0.4 is 10.6 Å². The number of hydrogen-bond acceptors (Lipinski definition) is 4. The number of carbonyl (C=O) groups is 1. The predicted octanol–water partition coefficient (Wildman–Crippen LogP) is 1.42. The van der Waals surface area contributed by atoms with Gasteiger partial charge >= 0.3 is 0 Å². The van der Waals surface area contributed by atoms with Crippen LogP contribution in [0.2, 0.25) is 0 Å². The summed E-state index contributed by atoms with van der Waals surface area (Å²) in [5, 5.41) is 14.2. The third kappa shape index (κ3) is 3.11. The van der Waals surface area contributed by atoms with Gasteiger partial charge in [0.05, 0.1) is 0 Å². The molecule has 0 spiro atoms. The molecule has 3 rings (SSSR count). The lowest BCUT2D eigenvalue weighted by Gasteiger charge is -2.21. The van der Waals surface area contributed by atoms with Crippen molar-refractivity contribution in [3.63, 3.8) is 0 Å². The van der Waals surface area contributed by atoms with E-state index in [1.165, 1.54) is 0 Å². The lowest BCUT2D eigenvalue weighted by molar-refractivity contribution is -0.120. The second-order valence-corrected chi connectivity index (χ2v) is 5.36. The van der Waals surface area contributed by atoms with E-state index in [-0.39, 0.29) is 11.8 Å². The SMILES string of the molecule is Cn1cnnc1-c1ccc(NC(=O)C2CCNCC2)cc1. The Kier molecular flexibility index (Phi) is 3.96. The zero-order chi connectivity index (χ0) is 14.7. The van der Waals surface area contributed by atoms with E-state index in [1.54, 1.807) is 6.33 Å². The van der Waals surface area contributed by atoms with Crippen LogP contribution in [0.3, 0.4) is 0 Å². The van der Waals surface area contributed by atoms with Crippen molar-refractivity contribution < 1.29 is 4.79 Å². The summed E-state index contributed by atoms with van der Waals surface area (Å²) in [6, 6.07) is 7.70. The van der Waals surface area contributed by atoms with E-state index in [1.807, 2.05) is 35.9 Å². The van der Waals surface area contributed by atoms with Crippen LogP contribution in [-0.4, -0.2) is 33.8 Å². The van der Waals surface area contributed by atoms with E-state index >= 15 is 0 Å². The molecule has 0 atom stereocenters. The van der Waals surface area contributed by atoms with E-state index in [9.17, 15) is 4.79 Å². The fourth-order valence-corrected chi connectivity index (χ4v) is 2.58. The number of hydrogen-bond donors (Lipinski definition) is 2. The fraction of sp³-hybridized carbons (Fsp3) is 0.400. The van der Waals surface area contributed by atoms with Crippen LogP contribution in [0.25, 0.3) is 11.4 Å². The molecule has 0 bridgehead atoms. The molecule has 1 aliphatic rings. The average molecular weight is 285 g/mol. The van der Waals surface area contributed by atoms with Gasteiger partial charge in [0, 0.05) is 24.2 Å². The minimum atomic E-state index is 0.114. The molecule has 110 valence electrons. The van der Waals surface area contributed by atoms with Gasteiger partial charge in [0.15, 0.2) is 5.82 Å². The molecule has 0 aliphatic carbocycles. The van der Waals surface area contributed by atoms with E-state index in [4.69, 9.17) is 0 Å². The maximum absolute atomic E-state index is 12.2. The Morgan fingerprint density at radius 1 is 1.29 bits per heavy atom. The van der Waals surface area contributed by atoms with Gasteiger partial charge in [0.1, 0.15) is 6.33 Å². The van der Waals surface area contributed by atoms with Crippen LogP contribution in [0, 0.1) is 5.92 Å². The van der Waals surface area contributed by atoms with Crippen molar-refractivity contribution in [2.45, 2.75) is 12.8 Å². The summed E-state index contributed by atoms with van der Waals surface area (Å²) in [5.74, 6) is 1.04. The first kappa shape index (κ1) is 13.8. The first-order chi connectivity index (χ1) is 10.2. The largest absolute Gasteiger partial charge is 0.326 e. The predicted molar refractivity (Wildman–Crippen MR) is 80.7 cm³/mol. The lowest BCUT2D eigenvalue weighted by Crippen LogP contribution is -2.34. The Bertz CT molecular complexity index is 613. The highest BCUT2D eigenvalue weighted by Crippen LogP contribution is 2.20. The number of piperidine rings is 1. The van der Waals surface area contributed by atoms with Gasteiger partial charge < -0.3 is 15.2 Å². The molecule has 1 saturated heterocycles. The summed E-state index contributed by atoms with van der Waals surface area (Å²) < 4.78 is 1.86. The highest BCUT2D eigenvalue weighted by Gasteiger charge is 2.20. The number of benzene rings is 1. The Morgan fingerprint density at radius 2 is 2.00 bits per heavy atom. The topological polar surface area (TPSA) is 71.8 Å². The van der Waals surface area contributed by atoms with Crippen molar-refractivity contribution in [2.75, 3.05) is 18.4 Å². The molecule has 6 nitrogen and oxygen atoms in total. The number of nitrogens with one attached hydrogen (secondary N) is 2. The van der Waals surface area contributed by atoms with Crippen molar-refractivity contribution in [2.24, 2.45) is 13.0 Å². The Labute approximate surface area is 123 Å². The molecule has 1 aromatic carbocycles. The van der Waals surface area contributed by atoms with Crippen molar-refractivity contribution >= 4 is 11.6 Å². The Balaban J connectivity index is 1.67. The number of aromatic nitrogens is 3. The first-order valence-electron chi connectivity index (χ1n) is 7.20. The summed E-state index contributed by atoms with van der Waals surface area (Å²) in [6.45, 7) is 1.84. The van der Waals surface area contributed by atoms with Crippen molar-refractivity contribution in [3.05, 3.63) is 30.6 Å². The summed E-state index contributed by atoms with van der Waals surface area (Å²) in [6.07, 6.45) is 3.48. The molecule has 6 heteroatoms. The molecule has 2 heterocycles. The number of aryl methyl sites for hydroxylation is 1. The fourth-order valence-electron chi connectivity index (χ4n) is 2.58. The number of carbonyl (C=O) groups excluding carboxylic acids is 1. The maximum Gasteiger partial charge on any atom is 0.227 e. The van der Waals surface area contributed by atoms with Crippen LogP contribution in [0.1, 0.15) is 12.8 Å². The lowest BCUT2D eigenvalue weighted by atomic mass is 9.97. The van der Waals surface area contributed by atoms with Gasteiger partial charge in [-0.15, -0.1) is 10.2 Å². The van der Waals surface area contributed by atoms with Gasteiger partial charge in [0.2, 0.25) is 5.91 Å². The smallest absolute Gasteiger partial charge is 0.227 e. The van der Waals surface area contributed by atoms with E-state index < -0.39 is 0 Å². The van der Waals surface area contributed by atoms with Crippen LogP contribution in [0.4, 0.5) is 5.69 Å². The second-order valence-electron chi connectivity index (χ2n) is 5.36. The van der Waals surface area contributed by atoms with Crippen molar-refractivity contribution in [3.8, 4) is 11.4 Å². The Morgan fingerprint density at radius 3 is 2.62 bits per heavy atom. The molecule has 1 aliphatic heterocycles. The number of amides is 1. The molecule has 0 saturated carbocycles. The molecule has 1 amide bonds. The molecular weight excluding hydrogens is 266 g/mol. The summed E-state index contributed by atoms with van der Waals surface area (Å²) in [4.78, 5) is 12.2. The van der Waals surface area contributed by atoms with Gasteiger partial charge in [-0.05, 0) is 50.2 Å². The van der Waals surface area contributed by atoms with Crippen molar-refractivity contribution in [1.29, 1.82) is 0 Å². The molecule has 1 fully saturated rings. The van der Waals surface area contributed by atoms with Crippen LogP contribution in [0.15, 0.2) is 30.6 Å². The van der Waals surface area contributed by atoms with Gasteiger partial charge in [-0.25, -0.2) is 0 Å². The highest BCUT2D eigenvalue weighted by molar-refractivity contribution is 5.92. The van der Waals surface area contributed by atoms with Crippen molar-refractivity contribution in [1.82, 2.24) is 20.1 Å². The molecule has 1 aromatic heterocycles.